The number of aliphatic carboxylic acids is 1. The fourth-order valence-electron chi connectivity index (χ4n) is 2.09. The summed E-state index contributed by atoms with van der Waals surface area (Å²) < 4.78 is 1.87. The average molecular weight is 309 g/mol. The van der Waals surface area contributed by atoms with Crippen LogP contribution >= 0.6 is 11.3 Å². The van der Waals surface area contributed by atoms with Crippen molar-refractivity contribution in [2.75, 3.05) is 0 Å². The number of carbonyl (C=O) groups is 2. The lowest BCUT2D eigenvalue weighted by molar-refractivity contribution is -0.144. The summed E-state index contributed by atoms with van der Waals surface area (Å²) in [6.07, 6.45) is 2.00. The maximum Gasteiger partial charge on any atom is 0.326 e. The fraction of sp³-hybridized carbons (Fsp3) is 0.500. The Hall–Kier alpha value is -1.89. The molecule has 0 unspecified atom stereocenters. The van der Waals surface area contributed by atoms with Crippen LogP contribution < -0.4 is 5.32 Å². The summed E-state index contributed by atoms with van der Waals surface area (Å²) in [5, 5.41) is 13.7. The minimum absolute atomic E-state index is 0.135. The van der Waals surface area contributed by atoms with E-state index in [1.54, 1.807) is 20.8 Å². The molecular weight excluding hydrogens is 290 g/mol. The van der Waals surface area contributed by atoms with Gasteiger partial charge in [-0.05, 0) is 12.3 Å². The Kier molecular flexibility index (Phi) is 4.04. The topological polar surface area (TPSA) is 83.7 Å². The largest absolute Gasteiger partial charge is 0.480 e. The first kappa shape index (κ1) is 15.5. The summed E-state index contributed by atoms with van der Waals surface area (Å²) >= 11 is 1.46. The van der Waals surface area contributed by atoms with Gasteiger partial charge in [-0.3, -0.25) is 9.20 Å². The van der Waals surface area contributed by atoms with Crippen LogP contribution in [0.25, 0.3) is 4.96 Å². The summed E-state index contributed by atoms with van der Waals surface area (Å²) in [7, 11) is 0. The van der Waals surface area contributed by atoms with Gasteiger partial charge in [-0.1, -0.05) is 20.8 Å². The molecule has 2 aromatic rings. The number of imidazole rings is 1. The zero-order chi connectivity index (χ0) is 15.8. The Morgan fingerprint density at radius 1 is 1.48 bits per heavy atom. The van der Waals surface area contributed by atoms with Crippen LogP contribution in [-0.2, 0) is 16.0 Å². The predicted molar refractivity (Wildman–Crippen MR) is 80.5 cm³/mol. The van der Waals surface area contributed by atoms with E-state index in [9.17, 15) is 14.7 Å². The van der Waals surface area contributed by atoms with Crippen molar-refractivity contribution in [3.05, 3.63) is 23.0 Å². The van der Waals surface area contributed by atoms with Crippen LogP contribution in [0.2, 0.25) is 0 Å². The van der Waals surface area contributed by atoms with E-state index in [0.717, 1.165) is 16.3 Å². The number of carboxylic acid groups (broad SMARTS) is 1. The van der Waals surface area contributed by atoms with Crippen molar-refractivity contribution in [3.63, 3.8) is 0 Å². The van der Waals surface area contributed by atoms with Gasteiger partial charge in [-0.2, -0.15) is 0 Å². The molecule has 6 nitrogen and oxygen atoms in total. The number of amides is 1. The van der Waals surface area contributed by atoms with Gasteiger partial charge in [-0.25, -0.2) is 9.78 Å². The number of nitrogens with one attached hydrogen (secondary N) is 1. The normalized spacial score (nSPS) is 13.3. The van der Waals surface area contributed by atoms with Gasteiger partial charge in [0.2, 0.25) is 5.91 Å². The van der Waals surface area contributed by atoms with Gasteiger partial charge in [0.15, 0.2) is 4.96 Å². The molecule has 1 amide bonds. The molecule has 0 radical (unpaired) electrons. The summed E-state index contributed by atoms with van der Waals surface area (Å²) in [6.45, 7) is 7.25. The molecule has 21 heavy (non-hydrogen) atoms. The number of aromatic nitrogens is 2. The number of rotatable bonds is 4. The summed E-state index contributed by atoms with van der Waals surface area (Å²) in [6, 6.07) is -0.913. The van der Waals surface area contributed by atoms with Crippen molar-refractivity contribution in [1.29, 1.82) is 0 Å². The Labute approximate surface area is 126 Å². The minimum atomic E-state index is -1.02. The Morgan fingerprint density at radius 3 is 2.71 bits per heavy atom. The first-order valence-electron chi connectivity index (χ1n) is 6.62. The molecule has 0 spiro atoms. The van der Waals surface area contributed by atoms with E-state index in [-0.39, 0.29) is 12.3 Å². The number of hydrogen-bond donors (Lipinski definition) is 2. The number of fused-ring (bicyclic) bond motifs is 1. The third-order valence-corrected chi connectivity index (χ3v) is 4.05. The molecule has 0 aromatic carbocycles. The molecular formula is C14H19N3O3S. The smallest absolute Gasteiger partial charge is 0.326 e. The van der Waals surface area contributed by atoms with E-state index < -0.39 is 17.4 Å². The van der Waals surface area contributed by atoms with Crippen molar-refractivity contribution in [1.82, 2.24) is 14.7 Å². The van der Waals surface area contributed by atoms with Crippen LogP contribution in [0.15, 0.2) is 11.6 Å². The van der Waals surface area contributed by atoms with Crippen LogP contribution in [0.5, 0.6) is 0 Å². The van der Waals surface area contributed by atoms with E-state index in [1.807, 2.05) is 22.9 Å². The lowest BCUT2D eigenvalue weighted by atomic mass is 9.86. The number of carboxylic acids is 1. The van der Waals surface area contributed by atoms with Crippen molar-refractivity contribution < 1.29 is 14.7 Å². The summed E-state index contributed by atoms with van der Waals surface area (Å²) in [5.74, 6) is -1.33. The molecule has 0 bridgehead atoms. The number of thiazole rings is 1. The van der Waals surface area contributed by atoms with Crippen molar-refractivity contribution in [2.24, 2.45) is 5.41 Å². The number of hydrogen-bond acceptors (Lipinski definition) is 4. The molecule has 0 saturated heterocycles. The van der Waals surface area contributed by atoms with Gasteiger partial charge < -0.3 is 10.4 Å². The SMILES string of the molecule is Cc1cn2c(CC(=O)N[C@@H](C(=O)O)C(C)(C)C)csc2n1. The quantitative estimate of drug-likeness (QED) is 0.903. The van der Waals surface area contributed by atoms with E-state index in [4.69, 9.17) is 0 Å². The molecule has 2 N–H and O–H groups in total. The highest BCUT2D eigenvalue weighted by Gasteiger charge is 2.32. The number of carbonyl (C=O) groups excluding carboxylic acids is 1. The predicted octanol–water partition coefficient (Wildman–Crippen LogP) is 1.86. The molecule has 114 valence electrons. The molecule has 1 atom stereocenters. The molecule has 2 rings (SSSR count). The standard InChI is InChI=1S/C14H19N3O3S/c1-8-6-17-9(7-21-13(17)15-8)5-10(18)16-11(12(19)20)14(2,3)4/h6-7,11H,5H2,1-4H3,(H,16,18)(H,19,20)/t11-/m0/s1. The van der Waals surface area contributed by atoms with Crippen molar-refractivity contribution >= 4 is 28.2 Å². The Bertz CT molecular complexity index is 681. The van der Waals surface area contributed by atoms with Gasteiger partial charge in [-0.15, -0.1) is 11.3 Å². The van der Waals surface area contributed by atoms with E-state index in [1.165, 1.54) is 11.3 Å². The van der Waals surface area contributed by atoms with Crippen molar-refractivity contribution in [2.45, 2.75) is 40.2 Å². The van der Waals surface area contributed by atoms with Crippen LogP contribution in [0.1, 0.15) is 32.2 Å². The van der Waals surface area contributed by atoms with Crippen molar-refractivity contribution in [3.8, 4) is 0 Å². The summed E-state index contributed by atoms with van der Waals surface area (Å²) in [5.41, 5.74) is 1.16. The van der Waals surface area contributed by atoms with Crippen LogP contribution in [0, 0.1) is 12.3 Å². The Morgan fingerprint density at radius 2 is 2.14 bits per heavy atom. The molecule has 0 saturated carbocycles. The minimum Gasteiger partial charge on any atom is -0.480 e. The Balaban J connectivity index is 2.12. The molecule has 0 aliphatic rings. The molecule has 0 fully saturated rings. The molecule has 0 aliphatic carbocycles. The van der Waals surface area contributed by atoms with Gasteiger partial charge in [0, 0.05) is 17.3 Å². The number of nitrogens with zero attached hydrogens (tertiary/aromatic N) is 2. The number of aryl methyl sites for hydroxylation is 1. The third-order valence-electron chi connectivity index (χ3n) is 3.16. The van der Waals surface area contributed by atoms with E-state index in [2.05, 4.69) is 10.3 Å². The monoisotopic (exact) mass is 309 g/mol. The zero-order valence-electron chi connectivity index (χ0n) is 12.5. The highest BCUT2D eigenvalue weighted by atomic mass is 32.1. The van der Waals surface area contributed by atoms with Gasteiger partial charge in [0.05, 0.1) is 12.1 Å². The molecule has 2 heterocycles. The lowest BCUT2D eigenvalue weighted by Gasteiger charge is -2.27. The third kappa shape index (κ3) is 3.41. The van der Waals surface area contributed by atoms with Gasteiger partial charge in [0.25, 0.3) is 0 Å². The molecule has 7 heteroatoms. The van der Waals surface area contributed by atoms with Gasteiger partial charge >= 0.3 is 5.97 Å². The maximum atomic E-state index is 12.1. The van der Waals surface area contributed by atoms with Gasteiger partial charge in [0.1, 0.15) is 6.04 Å². The first-order chi connectivity index (χ1) is 9.68. The second-order valence-corrected chi connectivity index (χ2v) is 6.98. The molecule has 0 aliphatic heterocycles. The van der Waals surface area contributed by atoms with Crippen LogP contribution in [0.4, 0.5) is 0 Å². The highest BCUT2D eigenvalue weighted by Crippen LogP contribution is 2.20. The second-order valence-electron chi connectivity index (χ2n) is 6.14. The highest BCUT2D eigenvalue weighted by molar-refractivity contribution is 7.15. The second kappa shape index (κ2) is 5.48. The lowest BCUT2D eigenvalue weighted by Crippen LogP contribution is -2.49. The first-order valence-corrected chi connectivity index (χ1v) is 7.50. The van der Waals surface area contributed by atoms with E-state index in [0.29, 0.717) is 0 Å². The average Bonchev–Trinajstić information content (AvgIpc) is 2.85. The summed E-state index contributed by atoms with van der Waals surface area (Å²) in [4.78, 5) is 28.6. The zero-order valence-corrected chi connectivity index (χ0v) is 13.3. The van der Waals surface area contributed by atoms with Crippen LogP contribution in [-0.4, -0.2) is 32.4 Å². The van der Waals surface area contributed by atoms with E-state index >= 15 is 0 Å². The maximum absolute atomic E-state index is 12.1. The fourth-order valence-corrected chi connectivity index (χ4v) is 3.01. The molecule has 2 aromatic heterocycles. The van der Waals surface area contributed by atoms with Crippen LogP contribution in [0.3, 0.4) is 0 Å².